The van der Waals surface area contributed by atoms with Crippen molar-refractivity contribution >= 4 is 39.5 Å². The first-order valence-electron chi connectivity index (χ1n) is 36.4. The van der Waals surface area contributed by atoms with Crippen LogP contribution in [-0.2, 0) is 65.4 Å². The van der Waals surface area contributed by atoms with Crippen molar-refractivity contribution in [1.29, 1.82) is 0 Å². The third kappa shape index (κ3) is 67.8. The summed E-state index contributed by atoms with van der Waals surface area (Å²) in [6.07, 6.45) is 74.9. The highest BCUT2D eigenvalue weighted by molar-refractivity contribution is 7.47. The Morgan fingerprint density at radius 3 is 0.958 bits per heavy atom. The summed E-state index contributed by atoms with van der Waals surface area (Å²) >= 11 is 0. The number of unbranched alkanes of at least 4 members (excludes halogenated alkanes) is 19. The number of ether oxygens (including phenoxy) is 4. The van der Waals surface area contributed by atoms with Crippen LogP contribution < -0.4 is 0 Å². The molecule has 0 rings (SSSR count). The third-order valence-corrected chi connectivity index (χ3v) is 16.5. The summed E-state index contributed by atoms with van der Waals surface area (Å²) in [4.78, 5) is 72.6. The molecule has 0 bridgehead atoms. The fourth-order valence-corrected chi connectivity index (χ4v) is 10.7. The van der Waals surface area contributed by atoms with Crippen LogP contribution in [0.25, 0.3) is 0 Å². The van der Waals surface area contributed by atoms with Gasteiger partial charge in [0.05, 0.1) is 26.4 Å². The molecule has 5 unspecified atom stereocenters. The standard InChI is InChI=1S/C77H128O17P2/c1-5-9-13-17-21-25-29-31-33-34-35-36-38-40-44-46-50-54-58-62-75(80)88-68-73(94-77(82)64-60-56-52-48-42-28-24-20-16-12-8-4)70-92-96(85,86)90-66-71(78)65-89-95(83,84)91-69-72(93-76(81)63-59-55-51-47-41-27-23-19-15-11-7-3)67-87-74(79)61-57-53-49-45-43-39-37-32-30-26-22-18-14-10-6-2/h9-10,13-14,19,21-23,25-26,31-33,35-37,40,43-45,50,54,71-73,78H,5-8,11-12,15-18,20,24,27-30,34,38-39,41-42,46-49,51-53,55-70H2,1-4H3,(H,83,84)(H,85,86)/b13-9-,14-10-,23-19-,25-21-,26-22-,33-31-,36-35-,37-32-,44-40-,45-43-,54-50-. The van der Waals surface area contributed by atoms with Gasteiger partial charge in [0.2, 0.25) is 0 Å². The lowest BCUT2D eigenvalue weighted by molar-refractivity contribution is -0.161. The van der Waals surface area contributed by atoms with E-state index in [1.165, 1.54) is 51.4 Å². The molecule has 0 aliphatic heterocycles. The molecule has 5 atom stereocenters. The summed E-state index contributed by atoms with van der Waals surface area (Å²) in [5.74, 6) is -2.34. The van der Waals surface area contributed by atoms with Crippen molar-refractivity contribution < 1.29 is 80.2 Å². The highest BCUT2D eigenvalue weighted by atomic mass is 31.2. The van der Waals surface area contributed by atoms with E-state index in [1.54, 1.807) is 0 Å². The van der Waals surface area contributed by atoms with E-state index in [0.29, 0.717) is 32.1 Å². The van der Waals surface area contributed by atoms with Crippen LogP contribution in [0, 0.1) is 0 Å². The molecule has 0 aromatic rings. The average Bonchev–Trinajstić information content (AvgIpc) is 1.15. The molecule has 0 aliphatic rings. The van der Waals surface area contributed by atoms with Crippen molar-refractivity contribution in [3.8, 4) is 0 Å². The number of esters is 4. The first kappa shape index (κ1) is 91.2. The van der Waals surface area contributed by atoms with E-state index in [-0.39, 0.29) is 25.7 Å². The van der Waals surface area contributed by atoms with Gasteiger partial charge in [0.25, 0.3) is 0 Å². The average molecular weight is 1390 g/mol. The fraction of sp³-hybridized carbons (Fsp3) is 0.662. The highest BCUT2D eigenvalue weighted by Crippen LogP contribution is 2.45. The lowest BCUT2D eigenvalue weighted by Gasteiger charge is -2.21. The molecular weight excluding hydrogens is 1260 g/mol. The lowest BCUT2D eigenvalue weighted by Crippen LogP contribution is -2.30. The van der Waals surface area contributed by atoms with E-state index < -0.39 is 97.5 Å². The lowest BCUT2D eigenvalue weighted by atomic mass is 10.1. The van der Waals surface area contributed by atoms with Gasteiger partial charge in [-0.3, -0.25) is 37.3 Å². The zero-order valence-electron chi connectivity index (χ0n) is 59.5. The molecule has 0 spiro atoms. The number of aliphatic hydroxyl groups is 1. The topological polar surface area (TPSA) is 237 Å². The molecule has 17 nitrogen and oxygen atoms in total. The molecule has 0 amide bonds. The van der Waals surface area contributed by atoms with Gasteiger partial charge in [0.1, 0.15) is 19.3 Å². The van der Waals surface area contributed by atoms with Crippen LogP contribution in [0.15, 0.2) is 134 Å². The summed E-state index contributed by atoms with van der Waals surface area (Å²) in [6.45, 7) is 4.42. The minimum Gasteiger partial charge on any atom is -0.462 e. The van der Waals surface area contributed by atoms with Crippen molar-refractivity contribution in [1.82, 2.24) is 0 Å². The number of carbonyl (C=O) groups is 4. The number of phosphoric acid groups is 2. The maximum absolute atomic E-state index is 13.0. The quantitative estimate of drug-likeness (QED) is 0.0169. The molecule has 548 valence electrons. The zero-order chi connectivity index (χ0) is 70.4. The molecule has 0 fully saturated rings. The Hall–Kier alpha value is -4.80. The maximum Gasteiger partial charge on any atom is 0.472 e. The second-order valence-electron chi connectivity index (χ2n) is 23.8. The van der Waals surface area contributed by atoms with Crippen LogP contribution >= 0.6 is 15.6 Å². The van der Waals surface area contributed by atoms with Crippen LogP contribution in [0.3, 0.4) is 0 Å². The molecule has 19 heteroatoms. The van der Waals surface area contributed by atoms with Gasteiger partial charge in [-0.1, -0.05) is 258 Å². The van der Waals surface area contributed by atoms with Gasteiger partial charge in [0.15, 0.2) is 12.2 Å². The van der Waals surface area contributed by atoms with Crippen LogP contribution in [0.2, 0.25) is 0 Å². The normalized spacial score (nSPS) is 14.8. The monoisotopic (exact) mass is 1390 g/mol. The van der Waals surface area contributed by atoms with Crippen LogP contribution in [0.4, 0.5) is 0 Å². The molecule has 0 aromatic carbocycles. The van der Waals surface area contributed by atoms with Crippen LogP contribution in [-0.4, -0.2) is 96.7 Å². The Morgan fingerprint density at radius 2 is 0.573 bits per heavy atom. The predicted octanol–water partition coefficient (Wildman–Crippen LogP) is 20.5. The Morgan fingerprint density at radius 1 is 0.302 bits per heavy atom. The smallest absolute Gasteiger partial charge is 0.462 e. The molecule has 0 aromatic heterocycles. The number of allylic oxidation sites excluding steroid dienone is 22. The molecular formula is C77H128O17P2. The number of aliphatic hydroxyl groups excluding tert-OH is 1. The van der Waals surface area contributed by atoms with E-state index >= 15 is 0 Å². The summed E-state index contributed by atoms with van der Waals surface area (Å²) in [7, 11) is -9.97. The SMILES string of the molecule is CC/C=C\C/C=C\C/C=C\C/C=C\C/C=C\C/C=C\CCC(=O)OCC(COP(=O)(O)OCC(O)COP(=O)(O)OCC(COC(=O)CCCC/C=C\C/C=C\C/C=C\C/C=C\CC)OC(=O)CCCCCCC/C=C\CCCC)OC(=O)CCCCCCCCCCCCC. The summed E-state index contributed by atoms with van der Waals surface area (Å²) in [5.41, 5.74) is 0. The minimum atomic E-state index is -4.99. The highest BCUT2D eigenvalue weighted by Gasteiger charge is 2.30. The van der Waals surface area contributed by atoms with Crippen LogP contribution in [0.1, 0.15) is 272 Å². The van der Waals surface area contributed by atoms with E-state index in [0.717, 1.165) is 135 Å². The van der Waals surface area contributed by atoms with Gasteiger partial charge in [-0.15, -0.1) is 0 Å². The zero-order valence-corrected chi connectivity index (χ0v) is 61.3. The van der Waals surface area contributed by atoms with Crippen molar-refractivity contribution in [2.24, 2.45) is 0 Å². The van der Waals surface area contributed by atoms with E-state index in [1.807, 2.05) is 18.2 Å². The van der Waals surface area contributed by atoms with E-state index in [2.05, 4.69) is 143 Å². The molecule has 0 aliphatic carbocycles. The van der Waals surface area contributed by atoms with Crippen molar-refractivity contribution in [2.45, 2.75) is 290 Å². The Bertz CT molecular complexity index is 2350. The van der Waals surface area contributed by atoms with Crippen molar-refractivity contribution in [3.63, 3.8) is 0 Å². The van der Waals surface area contributed by atoms with E-state index in [9.17, 15) is 43.2 Å². The number of phosphoric ester groups is 2. The molecule has 3 N–H and O–H groups in total. The first-order valence-corrected chi connectivity index (χ1v) is 39.4. The summed E-state index contributed by atoms with van der Waals surface area (Å²) in [5, 5.41) is 10.6. The van der Waals surface area contributed by atoms with Gasteiger partial charge < -0.3 is 33.8 Å². The largest absolute Gasteiger partial charge is 0.472 e. The maximum atomic E-state index is 13.0. The van der Waals surface area contributed by atoms with Gasteiger partial charge >= 0.3 is 39.5 Å². The van der Waals surface area contributed by atoms with Gasteiger partial charge in [0, 0.05) is 25.7 Å². The predicted molar refractivity (Wildman–Crippen MR) is 390 cm³/mol. The van der Waals surface area contributed by atoms with Gasteiger partial charge in [-0.25, -0.2) is 9.13 Å². The van der Waals surface area contributed by atoms with E-state index in [4.69, 9.17) is 37.0 Å². The van der Waals surface area contributed by atoms with Crippen molar-refractivity contribution in [2.75, 3.05) is 39.6 Å². The minimum absolute atomic E-state index is 0.0341. The Balaban J connectivity index is 5.39. The fourth-order valence-electron chi connectivity index (χ4n) is 9.10. The second-order valence-corrected chi connectivity index (χ2v) is 26.7. The first-order chi connectivity index (χ1) is 46.7. The Kier molecular flexibility index (Phi) is 65.3. The Labute approximate surface area is 580 Å². The number of carbonyl (C=O) groups excluding carboxylic acids is 4. The molecule has 0 saturated carbocycles. The summed E-state index contributed by atoms with van der Waals surface area (Å²) < 4.78 is 68.1. The van der Waals surface area contributed by atoms with Crippen LogP contribution in [0.5, 0.6) is 0 Å². The van der Waals surface area contributed by atoms with Crippen molar-refractivity contribution in [3.05, 3.63) is 134 Å². The summed E-state index contributed by atoms with van der Waals surface area (Å²) in [6, 6.07) is 0. The molecule has 0 saturated heterocycles. The molecule has 96 heavy (non-hydrogen) atoms. The molecule has 0 heterocycles. The second kappa shape index (κ2) is 68.7. The molecule has 0 radical (unpaired) electrons. The number of hydrogen-bond acceptors (Lipinski definition) is 15. The third-order valence-electron chi connectivity index (χ3n) is 14.6. The number of hydrogen-bond donors (Lipinski definition) is 3. The van der Waals surface area contributed by atoms with Gasteiger partial charge in [-0.2, -0.15) is 0 Å². The van der Waals surface area contributed by atoms with Gasteiger partial charge in [-0.05, 0) is 122 Å². The number of rotatable bonds is 67.